The summed E-state index contributed by atoms with van der Waals surface area (Å²) in [5, 5.41) is 3.42. The molecule has 0 aromatic rings. The summed E-state index contributed by atoms with van der Waals surface area (Å²) >= 11 is 0. The molecule has 3 heteroatoms. The Bertz CT molecular complexity index is 238. The van der Waals surface area contributed by atoms with E-state index in [9.17, 15) is 4.79 Å². The number of carbonyl (C=O) groups is 1. The summed E-state index contributed by atoms with van der Waals surface area (Å²) in [4.78, 5) is 12.0. The van der Waals surface area contributed by atoms with Gasteiger partial charge < -0.3 is 10.1 Å². The molecular formula is C13H23NO2. The van der Waals surface area contributed by atoms with Crippen molar-refractivity contribution in [2.24, 2.45) is 11.8 Å². The smallest absolute Gasteiger partial charge is 0.139 e. The normalized spacial score (nSPS) is 29.6. The van der Waals surface area contributed by atoms with Crippen LogP contribution >= 0.6 is 0 Å². The molecule has 2 unspecified atom stereocenters. The maximum atomic E-state index is 12.0. The highest BCUT2D eigenvalue weighted by molar-refractivity contribution is 5.82. The van der Waals surface area contributed by atoms with E-state index in [-0.39, 0.29) is 12.0 Å². The molecule has 1 aliphatic heterocycles. The molecule has 1 N–H and O–H groups in total. The molecule has 0 aromatic carbocycles. The Kier molecular flexibility index (Phi) is 4.36. The van der Waals surface area contributed by atoms with Gasteiger partial charge in [-0.2, -0.15) is 0 Å². The first-order valence-corrected chi connectivity index (χ1v) is 6.65. The standard InChI is InChI=1S/C13H23NO2/c1-2-7-14-12-9-16-8-11(12)13(15)6-5-10-3-4-10/h10-12,14H,2-9H2,1H3. The molecule has 2 rings (SSSR count). The summed E-state index contributed by atoms with van der Waals surface area (Å²) in [5.41, 5.74) is 0. The van der Waals surface area contributed by atoms with E-state index in [1.54, 1.807) is 0 Å². The Morgan fingerprint density at radius 3 is 2.88 bits per heavy atom. The van der Waals surface area contributed by atoms with E-state index in [0.29, 0.717) is 19.0 Å². The van der Waals surface area contributed by atoms with Crippen LogP contribution in [0.15, 0.2) is 0 Å². The third kappa shape index (κ3) is 3.29. The van der Waals surface area contributed by atoms with Crippen LogP contribution in [0.5, 0.6) is 0 Å². The van der Waals surface area contributed by atoms with Crippen molar-refractivity contribution in [1.82, 2.24) is 5.32 Å². The van der Waals surface area contributed by atoms with Crippen LogP contribution in [0.2, 0.25) is 0 Å². The van der Waals surface area contributed by atoms with E-state index in [4.69, 9.17) is 4.74 Å². The molecule has 92 valence electrons. The second-order valence-corrected chi connectivity index (χ2v) is 5.15. The van der Waals surface area contributed by atoms with Gasteiger partial charge in [-0.05, 0) is 25.3 Å². The predicted octanol–water partition coefficient (Wildman–Crippen LogP) is 1.76. The molecule has 0 spiro atoms. The lowest BCUT2D eigenvalue weighted by Gasteiger charge is -2.17. The Morgan fingerprint density at radius 2 is 2.19 bits per heavy atom. The topological polar surface area (TPSA) is 38.3 Å². The summed E-state index contributed by atoms with van der Waals surface area (Å²) in [6.07, 6.45) is 5.66. The van der Waals surface area contributed by atoms with Gasteiger partial charge in [0.2, 0.25) is 0 Å². The maximum Gasteiger partial charge on any atom is 0.139 e. The monoisotopic (exact) mass is 225 g/mol. The molecule has 1 saturated heterocycles. The van der Waals surface area contributed by atoms with Crippen LogP contribution in [0, 0.1) is 11.8 Å². The van der Waals surface area contributed by atoms with Gasteiger partial charge in [-0.1, -0.05) is 19.8 Å². The Morgan fingerprint density at radius 1 is 1.38 bits per heavy atom. The zero-order valence-corrected chi connectivity index (χ0v) is 10.2. The molecular weight excluding hydrogens is 202 g/mol. The lowest BCUT2D eigenvalue weighted by atomic mass is 9.94. The van der Waals surface area contributed by atoms with Gasteiger partial charge in [-0.3, -0.25) is 4.79 Å². The molecule has 1 heterocycles. The predicted molar refractivity (Wildman–Crippen MR) is 63.4 cm³/mol. The zero-order valence-electron chi connectivity index (χ0n) is 10.2. The minimum atomic E-state index is 0.116. The van der Waals surface area contributed by atoms with Gasteiger partial charge in [0.05, 0.1) is 19.1 Å². The van der Waals surface area contributed by atoms with Crippen LogP contribution in [0.1, 0.15) is 39.0 Å². The number of carbonyl (C=O) groups excluding carboxylic acids is 1. The van der Waals surface area contributed by atoms with Crippen LogP contribution in [-0.4, -0.2) is 31.6 Å². The molecule has 0 bridgehead atoms. The third-order valence-electron chi connectivity index (χ3n) is 3.65. The quantitative estimate of drug-likeness (QED) is 0.717. The Balaban J connectivity index is 1.73. The van der Waals surface area contributed by atoms with Gasteiger partial charge >= 0.3 is 0 Å². The summed E-state index contributed by atoms with van der Waals surface area (Å²) in [6.45, 7) is 4.47. The van der Waals surface area contributed by atoms with Crippen molar-refractivity contribution in [2.45, 2.75) is 45.1 Å². The largest absolute Gasteiger partial charge is 0.379 e. The second kappa shape index (κ2) is 5.78. The van der Waals surface area contributed by atoms with Crippen LogP contribution < -0.4 is 5.32 Å². The van der Waals surface area contributed by atoms with Crippen molar-refractivity contribution < 1.29 is 9.53 Å². The van der Waals surface area contributed by atoms with E-state index >= 15 is 0 Å². The number of hydrogen-bond acceptors (Lipinski definition) is 3. The summed E-state index contributed by atoms with van der Waals surface area (Å²) in [6, 6.07) is 0.270. The minimum Gasteiger partial charge on any atom is -0.379 e. The average Bonchev–Trinajstić information content (AvgIpc) is 3.00. The van der Waals surface area contributed by atoms with E-state index in [1.807, 2.05) is 0 Å². The maximum absolute atomic E-state index is 12.0. The van der Waals surface area contributed by atoms with Crippen LogP contribution in [0.3, 0.4) is 0 Å². The Hall–Kier alpha value is -0.410. The number of nitrogens with one attached hydrogen (secondary N) is 1. The van der Waals surface area contributed by atoms with E-state index in [2.05, 4.69) is 12.2 Å². The fourth-order valence-corrected chi connectivity index (χ4v) is 2.34. The van der Waals surface area contributed by atoms with Gasteiger partial charge in [0.1, 0.15) is 5.78 Å². The van der Waals surface area contributed by atoms with Gasteiger partial charge in [0.15, 0.2) is 0 Å². The zero-order chi connectivity index (χ0) is 11.4. The fourth-order valence-electron chi connectivity index (χ4n) is 2.34. The van der Waals surface area contributed by atoms with Crippen molar-refractivity contribution in [2.75, 3.05) is 19.8 Å². The van der Waals surface area contributed by atoms with Gasteiger partial charge in [-0.25, -0.2) is 0 Å². The molecule has 1 aliphatic carbocycles. The molecule has 3 nitrogen and oxygen atoms in total. The number of ether oxygens (including phenoxy) is 1. The van der Waals surface area contributed by atoms with Gasteiger partial charge in [0, 0.05) is 12.5 Å². The van der Waals surface area contributed by atoms with Crippen molar-refractivity contribution >= 4 is 5.78 Å². The van der Waals surface area contributed by atoms with Crippen LogP contribution in [0.25, 0.3) is 0 Å². The van der Waals surface area contributed by atoms with Crippen molar-refractivity contribution in [3.05, 3.63) is 0 Å². The first-order chi connectivity index (χ1) is 7.81. The first-order valence-electron chi connectivity index (χ1n) is 6.65. The highest BCUT2D eigenvalue weighted by atomic mass is 16.5. The summed E-state index contributed by atoms with van der Waals surface area (Å²) < 4.78 is 5.43. The minimum absolute atomic E-state index is 0.116. The summed E-state index contributed by atoms with van der Waals surface area (Å²) in [5.74, 6) is 1.39. The van der Waals surface area contributed by atoms with Crippen molar-refractivity contribution in [1.29, 1.82) is 0 Å². The van der Waals surface area contributed by atoms with E-state index < -0.39 is 0 Å². The fraction of sp³-hybridized carbons (Fsp3) is 0.923. The lowest BCUT2D eigenvalue weighted by Crippen LogP contribution is -2.39. The highest BCUT2D eigenvalue weighted by Gasteiger charge is 2.33. The van der Waals surface area contributed by atoms with Crippen LogP contribution in [-0.2, 0) is 9.53 Å². The highest BCUT2D eigenvalue weighted by Crippen LogP contribution is 2.34. The molecule has 0 amide bonds. The molecule has 16 heavy (non-hydrogen) atoms. The van der Waals surface area contributed by atoms with Crippen molar-refractivity contribution in [3.63, 3.8) is 0 Å². The molecule has 0 radical (unpaired) electrons. The summed E-state index contributed by atoms with van der Waals surface area (Å²) in [7, 11) is 0. The number of Topliss-reactive ketones (excluding diaryl/α,β-unsaturated/α-hetero) is 1. The number of hydrogen-bond donors (Lipinski definition) is 1. The van der Waals surface area contributed by atoms with Gasteiger partial charge in [0.25, 0.3) is 0 Å². The molecule has 2 fully saturated rings. The molecule has 1 saturated carbocycles. The number of ketones is 1. The molecule has 2 aliphatic rings. The van der Waals surface area contributed by atoms with E-state index in [1.165, 1.54) is 12.8 Å². The average molecular weight is 225 g/mol. The SMILES string of the molecule is CCCNC1COCC1C(=O)CCC1CC1. The molecule has 0 aromatic heterocycles. The Labute approximate surface area is 97.9 Å². The third-order valence-corrected chi connectivity index (χ3v) is 3.65. The second-order valence-electron chi connectivity index (χ2n) is 5.15. The first kappa shape index (κ1) is 12.1. The number of rotatable bonds is 7. The molecule has 2 atom stereocenters. The van der Waals surface area contributed by atoms with Crippen molar-refractivity contribution in [3.8, 4) is 0 Å². The van der Waals surface area contributed by atoms with Crippen LogP contribution in [0.4, 0.5) is 0 Å². The van der Waals surface area contributed by atoms with E-state index in [0.717, 1.165) is 31.7 Å². The lowest BCUT2D eigenvalue weighted by molar-refractivity contribution is -0.123. The van der Waals surface area contributed by atoms with Gasteiger partial charge in [-0.15, -0.1) is 0 Å².